The van der Waals surface area contributed by atoms with Gasteiger partial charge in [-0.1, -0.05) is 29.7 Å². The molecule has 0 spiro atoms. The number of pyridine rings is 1. The third-order valence-corrected chi connectivity index (χ3v) is 8.61. The first kappa shape index (κ1) is 28.3. The van der Waals surface area contributed by atoms with Crippen molar-refractivity contribution in [3.63, 3.8) is 0 Å². The van der Waals surface area contributed by atoms with Crippen LogP contribution < -0.4 is 16.0 Å². The Hall–Kier alpha value is -2.31. The highest BCUT2D eigenvalue weighted by atomic mass is 33.1. The van der Waals surface area contributed by atoms with E-state index in [4.69, 9.17) is 0 Å². The van der Waals surface area contributed by atoms with Crippen LogP contribution in [0.1, 0.15) is 52.4 Å². The van der Waals surface area contributed by atoms with E-state index in [0.717, 1.165) is 30.0 Å². The minimum Gasteiger partial charge on any atom is -0.394 e. The van der Waals surface area contributed by atoms with Crippen molar-refractivity contribution in [3.8, 4) is 0 Å². The van der Waals surface area contributed by atoms with Gasteiger partial charge in [0, 0.05) is 18.5 Å². The maximum atomic E-state index is 13.1. The van der Waals surface area contributed by atoms with Crippen LogP contribution in [0.15, 0.2) is 29.4 Å². The Bertz CT molecular complexity index is 933. The summed E-state index contributed by atoms with van der Waals surface area (Å²) in [4.78, 5) is 57.7. The number of unbranched alkanes of at least 4 members (excludes halogenated alkanes) is 2. The first-order valence-corrected chi connectivity index (χ1v) is 14.6. The van der Waals surface area contributed by atoms with Gasteiger partial charge < -0.3 is 26.0 Å². The Morgan fingerprint density at radius 2 is 1.89 bits per heavy atom. The quantitative estimate of drug-likeness (QED) is 0.272. The molecule has 2 aliphatic rings. The van der Waals surface area contributed by atoms with E-state index in [1.54, 1.807) is 27.8 Å². The minimum absolute atomic E-state index is 0.359. The van der Waals surface area contributed by atoms with Crippen LogP contribution in [-0.2, 0) is 19.2 Å². The van der Waals surface area contributed by atoms with Crippen molar-refractivity contribution >= 4 is 45.2 Å². The molecule has 10 nitrogen and oxygen atoms in total. The molecule has 2 fully saturated rings. The largest absolute Gasteiger partial charge is 0.394 e. The smallest absolute Gasteiger partial charge is 0.248 e. The molecule has 3 atom stereocenters. The van der Waals surface area contributed by atoms with Crippen LogP contribution in [0.2, 0.25) is 0 Å². The average molecular weight is 538 g/mol. The normalized spacial score (nSPS) is 24.8. The van der Waals surface area contributed by atoms with E-state index in [9.17, 15) is 24.3 Å². The summed E-state index contributed by atoms with van der Waals surface area (Å²) < 4.78 is 0. The van der Waals surface area contributed by atoms with Crippen molar-refractivity contribution in [1.29, 1.82) is 0 Å². The molecule has 0 aromatic carbocycles. The Morgan fingerprint density at radius 3 is 2.61 bits per heavy atom. The van der Waals surface area contributed by atoms with Gasteiger partial charge in [-0.3, -0.25) is 19.2 Å². The van der Waals surface area contributed by atoms with E-state index in [0.29, 0.717) is 25.8 Å². The highest BCUT2D eigenvalue weighted by Gasteiger charge is 2.42. The van der Waals surface area contributed by atoms with Crippen LogP contribution in [0.5, 0.6) is 0 Å². The molecule has 0 aliphatic carbocycles. The second-order valence-electron chi connectivity index (χ2n) is 9.50. The minimum atomic E-state index is -1.34. The number of aliphatic hydroxyl groups excluding tert-OH is 1. The van der Waals surface area contributed by atoms with Crippen LogP contribution >= 0.6 is 21.6 Å². The van der Waals surface area contributed by atoms with Crippen molar-refractivity contribution in [1.82, 2.24) is 25.8 Å². The number of carbonyl (C=O) groups is 4. The monoisotopic (exact) mass is 537 g/mol. The van der Waals surface area contributed by atoms with E-state index < -0.39 is 48.0 Å². The second kappa shape index (κ2) is 13.3. The highest BCUT2D eigenvalue weighted by Crippen LogP contribution is 2.30. The van der Waals surface area contributed by atoms with Crippen LogP contribution in [0.25, 0.3) is 0 Å². The third-order valence-electron chi connectivity index (χ3n) is 6.26. The Morgan fingerprint density at radius 1 is 1.08 bits per heavy atom. The molecule has 198 valence electrons. The molecule has 36 heavy (non-hydrogen) atoms. The Kier molecular flexibility index (Phi) is 10.4. The van der Waals surface area contributed by atoms with Crippen molar-refractivity contribution in [2.75, 3.05) is 18.9 Å². The van der Waals surface area contributed by atoms with Crippen LogP contribution in [-0.4, -0.2) is 81.2 Å². The van der Waals surface area contributed by atoms with Gasteiger partial charge >= 0.3 is 0 Å². The van der Waals surface area contributed by atoms with Gasteiger partial charge in [-0.05, 0) is 62.5 Å². The number of hydrogen-bond donors (Lipinski definition) is 4. The zero-order chi connectivity index (χ0) is 26.1. The lowest BCUT2D eigenvalue weighted by Gasteiger charge is -2.34. The molecule has 3 rings (SSSR count). The molecule has 0 unspecified atom stereocenters. The molecule has 4 N–H and O–H groups in total. The summed E-state index contributed by atoms with van der Waals surface area (Å²) in [7, 11) is 3.36. The van der Waals surface area contributed by atoms with Crippen molar-refractivity contribution in [3.05, 3.63) is 24.4 Å². The first-order valence-electron chi connectivity index (χ1n) is 12.3. The lowest BCUT2D eigenvalue weighted by molar-refractivity contribution is -0.145. The number of carbonyl (C=O) groups excluding carboxylic acids is 4. The second-order valence-corrected chi connectivity index (χ2v) is 11.9. The maximum Gasteiger partial charge on any atom is 0.248 e. The standard InChI is InChI=1S/C24H35N5O5S2/c1-24(2)23(34)27-17(15-30)22(33)29-13-8-10-18(29)21(32)26-16(20(31)28-24)9-4-3-7-14-35-36-19-11-5-6-12-25-19/h5-6,11-12,16-18,30H,3-4,7-10,13-15H2,1-2H3,(H,26,32)(H,27,34)(H,28,31)/t16-,17-,18+/m0/s1. The van der Waals surface area contributed by atoms with E-state index >= 15 is 0 Å². The summed E-state index contributed by atoms with van der Waals surface area (Å²) in [5, 5.41) is 18.7. The number of aliphatic hydroxyl groups is 1. The molecular formula is C24H35N5O5S2. The predicted octanol–water partition coefficient (Wildman–Crippen LogP) is 1.24. The zero-order valence-corrected chi connectivity index (χ0v) is 22.3. The van der Waals surface area contributed by atoms with Crippen molar-refractivity contribution in [2.45, 2.75) is 81.1 Å². The summed E-state index contributed by atoms with van der Waals surface area (Å²) in [6, 6.07) is 3.08. The number of hydrogen-bond acceptors (Lipinski definition) is 8. The van der Waals surface area contributed by atoms with Crippen molar-refractivity contribution < 1.29 is 24.3 Å². The molecule has 2 aliphatic heterocycles. The molecule has 1 aromatic heterocycles. The molecule has 0 saturated carbocycles. The van der Waals surface area contributed by atoms with E-state index in [1.807, 2.05) is 18.2 Å². The number of rotatable bonds is 9. The van der Waals surface area contributed by atoms with Gasteiger partial charge in [0.1, 0.15) is 28.7 Å². The summed E-state index contributed by atoms with van der Waals surface area (Å²) in [6.07, 6.45) is 5.84. The molecule has 1 aromatic rings. The highest BCUT2D eigenvalue weighted by molar-refractivity contribution is 8.76. The van der Waals surface area contributed by atoms with Gasteiger partial charge in [-0.25, -0.2) is 4.98 Å². The van der Waals surface area contributed by atoms with E-state index in [-0.39, 0.29) is 5.91 Å². The van der Waals surface area contributed by atoms with Crippen LogP contribution in [0, 0.1) is 0 Å². The molecule has 2 saturated heterocycles. The van der Waals surface area contributed by atoms with E-state index in [1.165, 1.54) is 18.7 Å². The lowest BCUT2D eigenvalue weighted by Crippen LogP contribution is -2.64. The molecule has 3 heterocycles. The van der Waals surface area contributed by atoms with Gasteiger partial charge in [-0.15, -0.1) is 0 Å². The summed E-state index contributed by atoms with van der Waals surface area (Å²) in [5.41, 5.74) is -1.34. The Balaban J connectivity index is 1.60. The van der Waals surface area contributed by atoms with Gasteiger partial charge in [0.15, 0.2) is 0 Å². The summed E-state index contributed by atoms with van der Waals surface area (Å²) >= 11 is 0. The maximum absolute atomic E-state index is 13.1. The number of nitrogens with one attached hydrogen (secondary N) is 3. The number of aromatic nitrogens is 1. The zero-order valence-electron chi connectivity index (χ0n) is 20.7. The Labute approximate surface area is 219 Å². The lowest BCUT2D eigenvalue weighted by atomic mass is 10.00. The van der Waals surface area contributed by atoms with Gasteiger partial charge in [0.05, 0.1) is 6.61 Å². The first-order chi connectivity index (χ1) is 17.2. The molecular weight excluding hydrogens is 502 g/mol. The summed E-state index contributed by atoms with van der Waals surface area (Å²) in [6.45, 7) is 2.82. The van der Waals surface area contributed by atoms with Crippen molar-refractivity contribution in [2.24, 2.45) is 0 Å². The summed E-state index contributed by atoms with van der Waals surface area (Å²) in [5.74, 6) is -0.968. The fraction of sp³-hybridized carbons (Fsp3) is 0.625. The number of nitrogens with zero attached hydrogens (tertiary/aromatic N) is 2. The number of amides is 4. The molecule has 4 amide bonds. The van der Waals surface area contributed by atoms with Gasteiger partial charge in [-0.2, -0.15) is 0 Å². The van der Waals surface area contributed by atoms with Crippen LogP contribution in [0.3, 0.4) is 0 Å². The molecule has 12 heteroatoms. The van der Waals surface area contributed by atoms with Gasteiger partial charge in [0.25, 0.3) is 0 Å². The number of fused-ring (bicyclic) bond motifs is 1. The average Bonchev–Trinajstić information content (AvgIpc) is 3.35. The SMILES string of the molecule is CC1(C)NC(=O)[C@H](CCCCCSSc2ccccn2)NC(=O)[C@H]2CCCN2C(=O)[C@H](CO)NC1=O. The topological polar surface area (TPSA) is 141 Å². The molecule has 0 bridgehead atoms. The molecule has 0 radical (unpaired) electrons. The van der Waals surface area contributed by atoms with E-state index in [2.05, 4.69) is 20.9 Å². The fourth-order valence-electron chi connectivity index (χ4n) is 4.20. The third kappa shape index (κ3) is 7.59. The van der Waals surface area contributed by atoms with Gasteiger partial charge in [0.2, 0.25) is 23.6 Å². The predicted molar refractivity (Wildman–Crippen MR) is 139 cm³/mol. The fourth-order valence-corrected chi connectivity index (χ4v) is 6.23. The van der Waals surface area contributed by atoms with Crippen LogP contribution in [0.4, 0.5) is 0 Å².